The lowest BCUT2D eigenvalue weighted by Crippen LogP contribution is -2.16. The first-order valence-electron chi connectivity index (χ1n) is 8.79. The molecule has 0 saturated heterocycles. The molecule has 0 aliphatic heterocycles. The summed E-state index contributed by atoms with van der Waals surface area (Å²) in [6.45, 7) is 5.78. The fourth-order valence-electron chi connectivity index (χ4n) is 2.95. The Kier molecular flexibility index (Phi) is 7.41. The molecular weight excluding hydrogens is 344 g/mol. The van der Waals surface area contributed by atoms with E-state index in [2.05, 4.69) is 6.58 Å². The standard InChI is InChI=1S/C22H28O5/c1-7-8-16-9-10-18(19(12-16)23-3)27-15(2)11-17-13-20(24-4)22(26-6)21(14-17)25-5/h7,9-10,12-15H,1,8,11H2,2-6H3. The molecule has 0 aromatic heterocycles. The maximum absolute atomic E-state index is 6.11. The third-order valence-corrected chi connectivity index (χ3v) is 4.18. The van der Waals surface area contributed by atoms with Gasteiger partial charge in [-0.05, 0) is 48.7 Å². The van der Waals surface area contributed by atoms with Crippen molar-refractivity contribution in [3.63, 3.8) is 0 Å². The summed E-state index contributed by atoms with van der Waals surface area (Å²) in [5.74, 6) is 3.27. The van der Waals surface area contributed by atoms with Crippen LogP contribution in [-0.2, 0) is 12.8 Å². The van der Waals surface area contributed by atoms with Crippen LogP contribution in [0.4, 0.5) is 0 Å². The Balaban J connectivity index is 2.18. The number of hydrogen-bond donors (Lipinski definition) is 0. The highest BCUT2D eigenvalue weighted by Gasteiger charge is 2.16. The van der Waals surface area contributed by atoms with Gasteiger partial charge in [-0.1, -0.05) is 12.1 Å². The summed E-state index contributed by atoms with van der Waals surface area (Å²) in [6.07, 6.45) is 3.25. The number of methoxy groups -OCH3 is 4. The van der Waals surface area contributed by atoms with E-state index in [4.69, 9.17) is 23.7 Å². The van der Waals surface area contributed by atoms with E-state index < -0.39 is 0 Å². The van der Waals surface area contributed by atoms with Gasteiger partial charge >= 0.3 is 0 Å². The van der Waals surface area contributed by atoms with Crippen molar-refractivity contribution in [1.29, 1.82) is 0 Å². The number of rotatable bonds is 10. The Morgan fingerprint density at radius 3 is 1.93 bits per heavy atom. The fourth-order valence-corrected chi connectivity index (χ4v) is 2.95. The number of allylic oxidation sites excluding steroid dienone is 1. The van der Waals surface area contributed by atoms with Gasteiger partial charge in [0.1, 0.15) is 6.10 Å². The van der Waals surface area contributed by atoms with Crippen molar-refractivity contribution in [1.82, 2.24) is 0 Å². The largest absolute Gasteiger partial charge is 0.493 e. The van der Waals surface area contributed by atoms with E-state index in [0.29, 0.717) is 35.2 Å². The highest BCUT2D eigenvalue weighted by molar-refractivity contribution is 5.54. The molecule has 5 nitrogen and oxygen atoms in total. The predicted molar refractivity (Wildman–Crippen MR) is 107 cm³/mol. The van der Waals surface area contributed by atoms with E-state index in [0.717, 1.165) is 17.5 Å². The van der Waals surface area contributed by atoms with Crippen molar-refractivity contribution < 1.29 is 23.7 Å². The Bertz CT molecular complexity index is 744. The highest BCUT2D eigenvalue weighted by atomic mass is 16.5. The Morgan fingerprint density at radius 2 is 1.41 bits per heavy atom. The quantitative estimate of drug-likeness (QED) is 0.576. The minimum absolute atomic E-state index is 0.0769. The minimum atomic E-state index is -0.0769. The summed E-state index contributed by atoms with van der Waals surface area (Å²) < 4.78 is 27.8. The van der Waals surface area contributed by atoms with Crippen LogP contribution in [-0.4, -0.2) is 34.5 Å². The van der Waals surface area contributed by atoms with Crippen LogP contribution in [0.1, 0.15) is 18.1 Å². The minimum Gasteiger partial charge on any atom is -0.493 e. The van der Waals surface area contributed by atoms with Gasteiger partial charge in [0.2, 0.25) is 5.75 Å². The van der Waals surface area contributed by atoms with E-state index in [1.165, 1.54) is 0 Å². The number of hydrogen-bond acceptors (Lipinski definition) is 5. The zero-order valence-corrected chi connectivity index (χ0v) is 16.7. The van der Waals surface area contributed by atoms with Crippen molar-refractivity contribution in [2.75, 3.05) is 28.4 Å². The van der Waals surface area contributed by atoms with Crippen LogP contribution in [0.5, 0.6) is 28.7 Å². The highest BCUT2D eigenvalue weighted by Crippen LogP contribution is 2.38. The maximum Gasteiger partial charge on any atom is 0.203 e. The topological polar surface area (TPSA) is 46.2 Å². The molecule has 0 spiro atoms. The molecule has 27 heavy (non-hydrogen) atoms. The summed E-state index contributed by atoms with van der Waals surface area (Å²) in [5, 5.41) is 0. The lowest BCUT2D eigenvalue weighted by Gasteiger charge is -2.19. The predicted octanol–water partition coefficient (Wildman–Crippen LogP) is 4.46. The van der Waals surface area contributed by atoms with Gasteiger partial charge in [0.25, 0.3) is 0 Å². The average molecular weight is 372 g/mol. The molecule has 0 aliphatic rings. The van der Waals surface area contributed by atoms with Gasteiger partial charge in [-0.15, -0.1) is 6.58 Å². The number of benzene rings is 2. The van der Waals surface area contributed by atoms with Crippen LogP contribution in [0.2, 0.25) is 0 Å². The molecule has 2 aromatic rings. The lowest BCUT2D eigenvalue weighted by molar-refractivity contribution is 0.211. The smallest absolute Gasteiger partial charge is 0.203 e. The molecule has 1 unspecified atom stereocenters. The first-order chi connectivity index (χ1) is 13.1. The second-order valence-electron chi connectivity index (χ2n) is 6.14. The lowest BCUT2D eigenvalue weighted by atomic mass is 10.1. The van der Waals surface area contributed by atoms with Crippen molar-refractivity contribution in [2.45, 2.75) is 25.9 Å². The molecule has 2 aromatic carbocycles. The summed E-state index contributed by atoms with van der Waals surface area (Å²) in [6, 6.07) is 9.80. The Labute approximate surface area is 161 Å². The summed E-state index contributed by atoms with van der Waals surface area (Å²) in [5.41, 5.74) is 2.16. The second kappa shape index (κ2) is 9.76. The molecule has 146 valence electrons. The Morgan fingerprint density at radius 1 is 0.815 bits per heavy atom. The van der Waals surface area contributed by atoms with Crippen LogP contribution in [0.25, 0.3) is 0 Å². The third kappa shape index (κ3) is 5.09. The second-order valence-corrected chi connectivity index (χ2v) is 6.14. The molecule has 2 rings (SSSR count). The summed E-state index contributed by atoms with van der Waals surface area (Å²) in [7, 11) is 6.45. The normalized spacial score (nSPS) is 11.4. The maximum atomic E-state index is 6.11. The summed E-state index contributed by atoms with van der Waals surface area (Å²) >= 11 is 0. The Hall–Kier alpha value is -2.82. The van der Waals surface area contributed by atoms with Gasteiger partial charge in [0.15, 0.2) is 23.0 Å². The molecule has 0 aliphatic carbocycles. The van der Waals surface area contributed by atoms with Crippen LogP contribution in [0.15, 0.2) is 43.0 Å². The van der Waals surface area contributed by atoms with Crippen molar-refractivity contribution in [3.05, 3.63) is 54.1 Å². The van der Waals surface area contributed by atoms with E-state index in [9.17, 15) is 0 Å². The van der Waals surface area contributed by atoms with E-state index in [-0.39, 0.29) is 6.10 Å². The SMILES string of the molecule is C=CCc1ccc(OC(C)Cc2cc(OC)c(OC)c(OC)c2)c(OC)c1. The molecule has 0 saturated carbocycles. The zero-order chi connectivity index (χ0) is 19.8. The van der Waals surface area contributed by atoms with Crippen molar-refractivity contribution >= 4 is 0 Å². The van der Waals surface area contributed by atoms with E-state index in [1.807, 2.05) is 43.3 Å². The van der Waals surface area contributed by atoms with E-state index >= 15 is 0 Å². The van der Waals surface area contributed by atoms with Gasteiger partial charge in [0, 0.05) is 6.42 Å². The van der Waals surface area contributed by atoms with Gasteiger partial charge in [-0.3, -0.25) is 0 Å². The van der Waals surface area contributed by atoms with Gasteiger partial charge in [-0.2, -0.15) is 0 Å². The van der Waals surface area contributed by atoms with Crippen molar-refractivity contribution in [2.24, 2.45) is 0 Å². The molecule has 0 N–H and O–H groups in total. The molecule has 0 radical (unpaired) electrons. The van der Waals surface area contributed by atoms with Gasteiger partial charge < -0.3 is 23.7 Å². The van der Waals surface area contributed by atoms with Crippen LogP contribution >= 0.6 is 0 Å². The molecule has 5 heteroatoms. The zero-order valence-electron chi connectivity index (χ0n) is 16.7. The van der Waals surface area contributed by atoms with Crippen LogP contribution in [0, 0.1) is 0 Å². The number of ether oxygens (including phenoxy) is 5. The van der Waals surface area contributed by atoms with Crippen LogP contribution in [0.3, 0.4) is 0 Å². The first-order valence-corrected chi connectivity index (χ1v) is 8.79. The first kappa shape index (κ1) is 20.5. The molecule has 0 heterocycles. The molecule has 0 amide bonds. The monoisotopic (exact) mass is 372 g/mol. The molecule has 0 bridgehead atoms. The van der Waals surface area contributed by atoms with Gasteiger partial charge in [0.05, 0.1) is 28.4 Å². The van der Waals surface area contributed by atoms with Crippen molar-refractivity contribution in [3.8, 4) is 28.7 Å². The molecule has 1 atom stereocenters. The van der Waals surface area contributed by atoms with E-state index in [1.54, 1.807) is 28.4 Å². The molecule has 0 fully saturated rings. The average Bonchev–Trinajstić information content (AvgIpc) is 2.68. The third-order valence-electron chi connectivity index (χ3n) is 4.18. The molecular formula is C22H28O5. The van der Waals surface area contributed by atoms with Gasteiger partial charge in [-0.25, -0.2) is 0 Å². The summed E-state index contributed by atoms with van der Waals surface area (Å²) in [4.78, 5) is 0. The van der Waals surface area contributed by atoms with Crippen LogP contribution < -0.4 is 23.7 Å². The fraction of sp³-hybridized carbons (Fsp3) is 0.364.